The third-order valence-corrected chi connectivity index (χ3v) is 6.76. The maximum atomic E-state index is 12.8. The lowest BCUT2D eigenvalue weighted by Crippen LogP contribution is -2.51. The van der Waals surface area contributed by atoms with Crippen LogP contribution in [0.25, 0.3) is 0 Å². The second-order valence-corrected chi connectivity index (χ2v) is 9.41. The zero-order valence-electron chi connectivity index (χ0n) is 15.0. The van der Waals surface area contributed by atoms with E-state index >= 15 is 0 Å². The zero-order valence-corrected chi connectivity index (χ0v) is 15.9. The van der Waals surface area contributed by atoms with Crippen molar-refractivity contribution in [2.75, 3.05) is 26.2 Å². The molecule has 1 saturated heterocycles. The lowest BCUT2D eigenvalue weighted by atomic mass is 9.87. The summed E-state index contributed by atoms with van der Waals surface area (Å²) in [6, 6.07) is 7.88. The van der Waals surface area contributed by atoms with Gasteiger partial charge in [-0.3, -0.25) is 4.90 Å². The van der Waals surface area contributed by atoms with Crippen LogP contribution in [0.4, 0.5) is 0 Å². The van der Waals surface area contributed by atoms with Crippen LogP contribution in [0.1, 0.15) is 46.6 Å². The highest BCUT2D eigenvalue weighted by molar-refractivity contribution is 7.89. The number of hydrogen-bond donors (Lipinski definition) is 0. The summed E-state index contributed by atoms with van der Waals surface area (Å²) in [6.07, 6.45) is 1.10. The number of sulfonamides is 1. The first kappa shape index (κ1) is 18.4. The smallest absolute Gasteiger partial charge is 0.243 e. The highest BCUT2D eigenvalue weighted by Crippen LogP contribution is 2.25. The Bertz CT molecular complexity index is 609. The van der Waals surface area contributed by atoms with E-state index in [4.69, 9.17) is 0 Å². The lowest BCUT2D eigenvalue weighted by molar-refractivity contribution is 0.142. The van der Waals surface area contributed by atoms with Crippen molar-refractivity contribution in [2.45, 2.75) is 57.4 Å². The van der Waals surface area contributed by atoms with Crippen molar-refractivity contribution in [3.8, 4) is 0 Å². The molecule has 1 aliphatic heterocycles. The SMILES string of the molecule is CCC(C)N1CCN(S(=O)(=O)c2ccc(C(C)(C)C)cc2)CC1. The monoisotopic (exact) mass is 338 g/mol. The van der Waals surface area contributed by atoms with Crippen LogP contribution in [0.3, 0.4) is 0 Å². The molecule has 1 atom stereocenters. The van der Waals surface area contributed by atoms with Crippen molar-refractivity contribution < 1.29 is 8.42 Å². The van der Waals surface area contributed by atoms with Crippen molar-refractivity contribution in [3.05, 3.63) is 29.8 Å². The van der Waals surface area contributed by atoms with Crippen molar-refractivity contribution in [3.63, 3.8) is 0 Å². The Balaban J connectivity index is 2.11. The van der Waals surface area contributed by atoms with Crippen LogP contribution in [0.5, 0.6) is 0 Å². The largest absolute Gasteiger partial charge is 0.298 e. The van der Waals surface area contributed by atoms with E-state index in [-0.39, 0.29) is 5.41 Å². The second kappa shape index (κ2) is 6.91. The van der Waals surface area contributed by atoms with E-state index in [1.165, 1.54) is 0 Å². The minimum absolute atomic E-state index is 0.0320. The van der Waals surface area contributed by atoms with E-state index in [2.05, 4.69) is 39.5 Å². The topological polar surface area (TPSA) is 40.6 Å². The van der Waals surface area contributed by atoms with Crippen LogP contribution < -0.4 is 0 Å². The molecule has 1 aromatic carbocycles. The summed E-state index contributed by atoms with van der Waals surface area (Å²) in [6.45, 7) is 13.5. The Hall–Kier alpha value is -0.910. The number of piperazine rings is 1. The van der Waals surface area contributed by atoms with Crippen LogP contribution in [0.2, 0.25) is 0 Å². The van der Waals surface area contributed by atoms with E-state index in [9.17, 15) is 8.42 Å². The van der Waals surface area contributed by atoms with Gasteiger partial charge in [0.2, 0.25) is 10.0 Å². The minimum Gasteiger partial charge on any atom is -0.298 e. The molecule has 0 radical (unpaired) electrons. The van der Waals surface area contributed by atoms with Gasteiger partial charge in [-0.2, -0.15) is 4.31 Å². The maximum absolute atomic E-state index is 12.8. The van der Waals surface area contributed by atoms with Gasteiger partial charge in [-0.1, -0.05) is 39.8 Å². The minimum atomic E-state index is -3.37. The Morgan fingerprint density at radius 1 is 1.04 bits per heavy atom. The number of hydrogen-bond acceptors (Lipinski definition) is 3. The van der Waals surface area contributed by atoms with E-state index in [0.29, 0.717) is 24.0 Å². The standard InChI is InChI=1S/C18H30N2O2S/c1-6-15(2)19-11-13-20(14-12-19)23(21,22)17-9-7-16(8-10-17)18(3,4)5/h7-10,15H,6,11-14H2,1-5H3. The van der Waals surface area contributed by atoms with Crippen LogP contribution in [-0.2, 0) is 15.4 Å². The summed E-state index contributed by atoms with van der Waals surface area (Å²) in [4.78, 5) is 2.77. The van der Waals surface area contributed by atoms with Crippen LogP contribution in [0, 0.1) is 0 Å². The first-order chi connectivity index (χ1) is 10.7. The van der Waals surface area contributed by atoms with Gasteiger partial charge in [-0.15, -0.1) is 0 Å². The molecule has 0 N–H and O–H groups in total. The zero-order chi connectivity index (χ0) is 17.3. The van der Waals surface area contributed by atoms with Gasteiger partial charge >= 0.3 is 0 Å². The summed E-state index contributed by atoms with van der Waals surface area (Å²) in [7, 11) is -3.37. The Morgan fingerprint density at radius 3 is 2.00 bits per heavy atom. The molecule has 5 heteroatoms. The maximum Gasteiger partial charge on any atom is 0.243 e. The molecule has 0 aliphatic carbocycles. The summed E-state index contributed by atoms with van der Waals surface area (Å²) in [5.41, 5.74) is 1.18. The molecule has 2 rings (SSSR count). The molecule has 1 unspecified atom stereocenters. The summed E-state index contributed by atoms with van der Waals surface area (Å²) in [5.74, 6) is 0. The van der Waals surface area contributed by atoms with Crippen LogP contribution in [0.15, 0.2) is 29.2 Å². The van der Waals surface area contributed by atoms with Gasteiger partial charge in [0.25, 0.3) is 0 Å². The molecule has 0 aromatic heterocycles. The second-order valence-electron chi connectivity index (χ2n) is 7.47. The molecular formula is C18H30N2O2S. The molecule has 1 aliphatic rings. The molecule has 1 fully saturated rings. The number of rotatable bonds is 4. The third-order valence-electron chi connectivity index (χ3n) is 4.85. The fourth-order valence-electron chi connectivity index (χ4n) is 2.92. The molecule has 0 bridgehead atoms. The fourth-order valence-corrected chi connectivity index (χ4v) is 4.34. The molecule has 0 amide bonds. The van der Waals surface area contributed by atoms with Gasteiger partial charge in [0.1, 0.15) is 0 Å². The number of benzene rings is 1. The molecule has 0 spiro atoms. The predicted octanol–water partition coefficient (Wildman–Crippen LogP) is 3.09. The molecule has 1 aromatic rings. The molecular weight excluding hydrogens is 308 g/mol. The molecule has 130 valence electrons. The van der Waals surface area contributed by atoms with Gasteiger partial charge in [0, 0.05) is 32.2 Å². The van der Waals surface area contributed by atoms with Gasteiger partial charge in [0.15, 0.2) is 0 Å². The normalized spacial score (nSPS) is 19.7. The summed E-state index contributed by atoms with van der Waals surface area (Å²) < 4.78 is 27.2. The van der Waals surface area contributed by atoms with Crippen molar-refractivity contribution in [2.24, 2.45) is 0 Å². The Kier molecular flexibility index (Phi) is 5.54. The third kappa shape index (κ3) is 4.14. The van der Waals surface area contributed by atoms with Crippen LogP contribution in [-0.4, -0.2) is 49.8 Å². The summed E-state index contributed by atoms with van der Waals surface area (Å²) >= 11 is 0. The number of nitrogens with zero attached hydrogens (tertiary/aromatic N) is 2. The van der Waals surface area contributed by atoms with Crippen molar-refractivity contribution in [1.29, 1.82) is 0 Å². The van der Waals surface area contributed by atoms with Crippen LogP contribution >= 0.6 is 0 Å². The Labute approximate surface area is 141 Å². The highest BCUT2D eigenvalue weighted by atomic mass is 32.2. The van der Waals surface area contributed by atoms with E-state index in [1.54, 1.807) is 16.4 Å². The van der Waals surface area contributed by atoms with Crippen molar-refractivity contribution in [1.82, 2.24) is 9.21 Å². The fraction of sp³-hybridized carbons (Fsp3) is 0.667. The lowest BCUT2D eigenvalue weighted by Gasteiger charge is -2.37. The molecule has 0 saturated carbocycles. The molecule has 1 heterocycles. The first-order valence-corrected chi connectivity index (χ1v) is 9.95. The van der Waals surface area contributed by atoms with E-state index in [1.807, 2.05) is 12.1 Å². The first-order valence-electron chi connectivity index (χ1n) is 8.51. The highest BCUT2D eigenvalue weighted by Gasteiger charge is 2.29. The summed E-state index contributed by atoms with van der Waals surface area (Å²) in [5, 5.41) is 0. The van der Waals surface area contributed by atoms with Gasteiger partial charge < -0.3 is 0 Å². The van der Waals surface area contributed by atoms with Gasteiger partial charge in [-0.05, 0) is 36.5 Å². The molecule has 23 heavy (non-hydrogen) atoms. The van der Waals surface area contributed by atoms with Crippen molar-refractivity contribution >= 4 is 10.0 Å². The average molecular weight is 339 g/mol. The van der Waals surface area contributed by atoms with E-state index < -0.39 is 10.0 Å². The van der Waals surface area contributed by atoms with E-state index in [0.717, 1.165) is 25.1 Å². The molecule has 4 nitrogen and oxygen atoms in total. The van der Waals surface area contributed by atoms with Gasteiger partial charge in [-0.25, -0.2) is 8.42 Å². The Morgan fingerprint density at radius 2 is 1.57 bits per heavy atom. The quantitative estimate of drug-likeness (QED) is 0.847. The predicted molar refractivity (Wildman–Crippen MR) is 95.2 cm³/mol. The van der Waals surface area contributed by atoms with Gasteiger partial charge in [0.05, 0.1) is 4.90 Å². The average Bonchev–Trinajstić information content (AvgIpc) is 2.53.